The van der Waals surface area contributed by atoms with E-state index < -0.39 is 12.0 Å². The van der Waals surface area contributed by atoms with Gasteiger partial charge in [-0.1, -0.05) is 12.1 Å². The van der Waals surface area contributed by atoms with Crippen LogP contribution in [0.1, 0.15) is 33.4 Å². The van der Waals surface area contributed by atoms with Crippen molar-refractivity contribution in [2.75, 3.05) is 19.0 Å². The van der Waals surface area contributed by atoms with Crippen molar-refractivity contribution >= 4 is 17.7 Å². The molecule has 2 amide bonds. The SMILES string of the molecule is COC(=O)c1ccc(NC(=O)N2CCc3[nH]cnc3[C@@H]2c2cccc(F)c2)cc1. The number of halogens is 1. The van der Waals surface area contributed by atoms with Crippen LogP contribution in [0, 0.1) is 5.82 Å². The molecular weight excluding hydrogens is 375 g/mol. The second-order valence-corrected chi connectivity index (χ2v) is 6.67. The van der Waals surface area contributed by atoms with E-state index in [2.05, 4.69) is 20.0 Å². The van der Waals surface area contributed by atoms with Crippen LogP contribution in [0.2, 0.25) is 0 Å². The Kier molecular flexibility index (Phi) is 4.99. The number of ether oxygens (including phenoxy) is 1. The minimum Gasteiger partial charge on any atom is -0.465 e. The van der Waals surface area contributed by atoms with Crippen LogP contribution < -0.4 is 5.32 Å². The van der Waals surface area contributed by atoms with E-state index in [0.717, 1.165) is 5.69 Å². The summed E-state index contributed by atoms with van der Waals surface area (Å²) in [6, 6.07) is 11.8. The highest BCUT2D eigenvalue weighted by molar-refractivity contribution is 5.92. The number of methoxy groups -OCH3 is 1. The molecule has 0 saturated carbocycles. The summed E-state index contributed by atoms with van der Waals surface area (Å²) >= 11 is 0. The third-order valence-corrected chi connectivity index (χ3v) is 4.91. The van der Waals surface area contributed by atoms with Crippen molar-refractivity contribution in [3.8, 4) is 0 Å². The molecule has 29 heavy (non-hydrogen) atoms. The molecule has 148 valence electrons. The molecule has 0 bridgehead atoms. The lowest BCUT2D eigenvalue weighted by Gasteiger charge is -2.35. The van der Waals surface area contributed by atoms with Gasteiger partial charge in [0.05, 0.1) is 24.7 Å². The summed E-state index contributed by atoms with van der Waals surface area (Å²) in [5.74, 6) is -0.819. The molecule has 0 unspecified atom stereocenters. The van der Waals surface area contributed by atoms with Gasteiger partial charge in [0, 0.05) is 24.3 Å². The lowest BCUT2D eigenvalue weighted by atomic mass is 9.96. The number of urea groups is 1. The Labute approximate surface area is 166 Å². The zero-order valence-electron chi connectivity index (χ0n) is 15.7. The number of fused-ring (bicyclic) bond motifs is 1. The second-order valence-electron chi connectivity index (χ2n) is 6.67. The lowest BCUT2D eigenvalue weighted by molar-refractivity contribution is 0.0600. The smallest absolute Gasteiger partial charge is 0.337 e. The van der Waals surface area contributed by atoms with Gasteiger partial charge in [-0.15, -0.1) is 0 Å². The number of H-pyrrole nitrogens is 1. The molecule has 1 aliphatic heterocycles. The average Bonchev–Trinajstić information content (AvgIpc) is 3.21. The number of amides is 2. The number of rotatable bonds is 3. The van der Waals surface area contributed by atoms with Gasteiger partial charge in [-0.2, -0.15) is 0 Å². The quantitative estimate of drug-likeness (QED) is 0.666. The zero-order valence-corrected chi connectivity index (χ0v) is 15.7. The van der Waals surface area contributed by atoms with Crippen molar-refractivity contribution < 1.29 is 18.7 Å². The molecule has 2 N–H and O–H groups in total. The maximum atomic E-state index is 13.8. The first kappa shape index (κ1) is 18.7. The number of benzene rings is 2. The number of carbonyl (C=O) groups excluding carboxylic acids is 2. The van der Waals surface area contributed by atoms with Crippen molar-refractivity contribution in [1.29, 1.82) is 0 Å². The first-order valence-corrected chi connectivity index (χ1v) is 9.10. The summed E-state index contributed by atoms with van der Waals surface area (Å²) in [7, 11) is 1.31. The minimum absolute atomic E-state index is 0.335. The molecule has 0 aliphatic carbocycles. The molecule has 0 spiro atoms. The van der Waals surface area contributed by atoms with E-state index in [0.29, 0.717) is 35.5 Å². The van der Waals surface area contributed by atoms with Crippen LogP contribution >= 0.6 is 0 Å². The molecular formula is C21H19FN4O3. The lowest BCUT2D eigenvalue weighted by Crippen LogP contribution is -2.43. The maximum Gasteiger partial charge on any atom is 0.337 e. The monoisotopic (exact) mass is 394 g/mol. The number of carbonyl (C=O) groups is 2. The zero-order chi connectivity index (χ0) is 20.4. The van der Waals surface area contributed by atoms with Crippen molar-refractivity contribution in [3.05, 3.63) is 83.2 Å². The minimum atomic E-state index is -0.505. The third-order valence-electron chi connectivity index (χ3n) is 4.91. The van der Waals surface area contributed by atoms with Crippen LogP contribution in [0.15, 0.2) is 54.9 Å². The summed E-state index contributed by atoms with van der Waals surface area (Å²) in [4.78, 5) is 33.7. The second kappa shape index (κ2) is 7.75. The summed E-state index contributed by atoms with van der Waals surface area (Å²) in [6.45, 7) is 0.447. The van der Waals surface area contributed by atoms with Gasteiger partial charge in [0.25, 0.3) is 0 Å². The van der Waals surface area contributed by atoms with Gasteiger partial charge >= 0.3 is 12.0 Å². The number of aromatic amines is 1. The van der Waals surface area contributed by atoms with E-state index in [1.807, 2.05) is 0 Å². The van der Waals surface area contributed by atoms with Gasteiger partial charge in [0.1, 0.15) is 11.9 Å². The summed E-state index contributed by atoms with van der Waals surface area (Å²) < 4.78 is 18.5. The number of esters is 1. The number of hydrogen-bond donors (Lipinski definition) is 2. The molecule has 3 aromatic rings. The molecule has 4 rings (SSSR count). The van der Waals surface area contributed by atoms with Crippen molar-refractivity contribution in [2.24, 2.45) is 0 Å². The largest absolute Gasteiger partial charge is 0.465 e. The number of hydrogen-bond acceptors (Lipinski definition) is 4. The molecule has 1 aromatic heterocycles. The Morgan fingerprint density at radius 1 is 1.24 bits per heavy atom. The summed E-state index contributed by atoms with van der Waals surface area (Å²) in [5, 5.41) is 2.84. The van der Waals surface area contributed by atoms with Gasteiger partial charge in [-0.3, -0.25) is 0 Å². The molecule has 2 aromatic carbocycles. The Balaban J connectivity index is 1.60. The van der Waals surface area contributed by atoms with Crippen LogP contribution in [-0.4, -0.2) is 40.5 Å². The number of nitrogens with one attached hydrogen (secondary N) is 2. The molecule has 0 saturated heterocycles. The Morgan fingerprint density at radius 2 is 2.03 bits per heavy atom. The van der Waals surface area contributed by atoms with Gasteiger partial charge in [0.2, 0.25) is 0 Å². The molecule has 2 heterocycles. The average molecular weight is 394 g/mol. The highest BCUT2D eigenvalue weighted by atomic mass is 19.1. The standard InChI is InChI=1S/C21H19FN4O3/c1-29-20(27)13-5-7-16(8-6-13)25-21(28)26-10-9-17-18(24-12-23-17)19(26)14-3-2-4-15(22)11-14/h2-8,11-12,19H,9-10H2,1H3,(H,23,24)(H,25,28)/t19-/m0/s1. The van der Waals surface area contributed by atoms with E-state index in [4.69, 9.17) is 0 Å². The van der Waals surface area contributed by atoms with Crippen molar-refractivity contribution in [1.82, 2.24) is 14.9 Å². The van der Waals surface area contributed by atoms with Crippen LogP contribution in [0.25, 0.3) is 0 Å². The van der Waals surface area contributed by atoms with E-state index >= 15 is 0 Å². The van der Waals surface area contributed by atoms with Gasteiger partial charge in [-0.05, 0) is 42.0 Å². The third kappa shape index (κ3) is 3.69. The number of nitrogens with zero attached hydrogens (tertiary/aromatic N) is 2. The molecule has 1 atom stereocenters. The van der Waals surface area contributed by atoms with Crippen LogP contribution in [0.3, 0.4) is 0 Å². The molecule has 0 radical (unpaired) electrons. The highest BCUT2D eigenvalue weighted by Gasteiger charge is 2.34. The van der Waals surface area contributed by atoms with E-state index in [1.54, 1.807) is 47.6 Å². The van der Waals surface area contributed by atoms with E-state index in [9.17, 15) is 14.0 Å². The Hall–Kier alpha value is -3.68. The predicted molar refractivity (Wildman–Crippen MR) is 104 cm³/mol. The van der Waals surface area contributed by atoms with Crippen LogP contribution in [0.4, 0.5) is 14.9 Å². The fourth-order valence-electron chi connectivity index (χ4n) is 3.51. The molecule has 0 fully saturated rings. The fourth-order valence-corrected chi connectivity index (χ4v) is 3.51. The van der Waals surface area contributed by atoms with Crippen molar-refractivity contribution in [2.45, 2.75) is 12.5 Å². The van der Waals surface area contributed by atoms with Gasteiger partial charge in [-0.25, -0.2) is 19.0 Å². The fraction of sp³-hybridized carbons (Fsp3) is 0.190. The first-order valence-electron chi connectivity index (χ1n) is 9.10. The number of anilines is 1. The first-order chi connectivity index (χ1) is 14.1. The normalized spacial score (nSPS) is 15.5. The van der Waals surface area contributed by atoms with Crippen LogP contribution in [-0.2, 0) is 11.2 Å². The van der Waals surface area contributed by atoms with E-state index in [-0.39, 0.29) is 11.8 Å². The molecule has 8 heteroatoms. The Bertz CT molecular complexity index is 1050. The Morgan fingerprint density at radius 3 is 2.76 bits per heavy atom. The summed E-state index contributed by atoms with van der Waals surface area (Å²) in [6.07, 6.45) is 2.21. The van der Waals surface area contributed by atoms with Crippen molar-refractivity contribution in [3.63, 3.8) is 0 Å². The number of imidazole rings is 1. The van der Waals surface area contributed by atoms with Gasteiger partial charge < -0.3 is 19.9 Å². The predicted octanol–water partition coefficient (Wildman–Crippen LogP) is 3.52. The number of aromatic nitrogens is 2. The molecule has 7 nitrogen and oxygen atoms in total. The van der Waals surface area contributed by atoms with Gasteiger partial charge in [0.15, 0.2) is 0 Å². The molecule has 1 aliphatic rings. The van der Waals surface area contributed by atoms with E-state index in [1.165, 1.54) is 19.2 Å². The maximum absolute atomic E-state index is 13.8. The topological polar surface area (TPSA) is 87.3 Å². The van der Waals surface area contributed by atoms with Crippen LogP contribution in [0.5, 0.6) is 0 Å². The highest BCUT2D eigenvalue weighted by Crippen LogP contribution is 2.34. The summed E-state index contributed by atoms with van der Waals surface area (Å²) in [5.41, 5.74) is 3.22.